The molecule has 2 heterocycles. The Balaban J connectivity index is 1.86. The molecule has 5 unspecified atom stereocenters. The Bertz CT molecular complexity index is 1360. The van der Waals surface area contributed by atoms with Crippen molar-refractivity contribution in [3.63, 3.8) is 0 Å². The lowest BCUT2D eigenvalue weighted by Gasteiger charge is -2.39. The molecule has 4 rings (SSSR count). The van der Waals surface area contributed by atoms with E-state index in [0.29, 0.717) is 0 Å². The SMILES string of the molecule is COc1c(O)cc2oc(-c3ccc(O)cc3)c(OC3OC(COC(C)=O)C(O)C(O)C3O)c(=O)c2c1O. The number of esters is 1. The molecule has 1 aromatic heterocycles. The number of aliphatic hydroxyl groups excluding tert-OH is 3. The lowest BCUT2D eigenvalue weighted by Crippen LogP contribution is -2.60. The number of methoxy groups -OCH3 is 1. The topological polar surface area (TPSA) is 206 Å². The molecule has 198 valence electrons. The standard InChI is InChI=1S/C24H24O13/c1-9(25)34-8-14-16(28)19(31)20(32)24(36-14)37-23-18(30)15-13(7-12(27)22(33-2)17(15)29)35-21(23)10-3-5-11(26)6-4-10/h3-7,14,16,19-20,24,26-29,31-32H,8H2,1-2H3. The molecule has 3 aromatic rings. The summed E-state index contributed by atoms with van der Waals surface area (Å²) in [7, 11) is 1.16. The van der Waals surface area contributed by atoms with E-state index in [0.717, 1.165) is 20.1 Å². The third kappa shape index (κ3) is 4.84. The van der Waals surface area contributed by atoms with Crippen LogP contribution < -0.4 is 14.9 Å². The van der Waals surface area contributed by atoms with Crippen molar-refractivity contribution in [1.29, 1.82) is 0 Å². The quantitative estimate of drug-likeness (QED) is 0.243. The summed E-state index contributed by atoms with van der Waals surface area (Å²) in [5.74, 6) is -3.28. The van der Waals surface area contributed by atoms with E-state index in [9.17, 15) is 40.2 Å². The maximum absolute atomic E-state index is 13.6. The number of benzene rings is 2. The van der Waals surface area contributed by atoms with Crippen LogP contribution in [0.25, 0.3) is 22.3 Å². The second-order valence-corrected chi connectivity index (χ2v) is 8.22. The van der Waals surface area contributed by atoms with E-state index < -0.39 is 77.1 Å². The number of aromatic hydroxyl groups is 3. The summed E-state index contributed by atoms with van der Waals surface area (Å²) in [6.45, 7) is 0.631. The Labute approximate surface area is 208 Å². The maximum atomic E-state index is 13.6. The van der Waals surface area contributed by atoms with Crippen molar-refractivity contribution < 1.29 is 58.8 Å². The van der Waals surface area contributed by atoms with E-state index in [2.05, 4.69) is 0 Å². The number of fused-ring (bicyclic) bond motifs is 1. The Kier molecular flexibility index (Phi) is 7.14. The molecule has 1 aliphatic heterocycles. The predicted molar refractivity (Wildman–Crippen MR) is 123 cm³/mol. The summed E-state index contributed by atoms with van der Waals surface area (Å²) in [5.41, 5.74) is -0.999. The number of ether oxygens (including phenoxy) is 4. The normalized spacial score (nSPS) is 23.5. The molecule has 0 saturated carbocycles. The smallest absolute Gasteiger partial charge is 0.302 e. The van der Waals surface area contributed by atoms with Crippen LogP contribution >= 0.6 is 0 Å². The Morgan fingerprint density at radius 2 is 1.68 bits per heavy atom. The minimum atomic E-state index is -1.87. The third-order valence-electron chi connectivity index (χ3n) is 5.74. The van der Waals surface area contributed by atoms with Gasteiger partial charge in [0.1, 0.15) is 47.7 Å². The molecule has 1 saturated heterocycles. The second kappa shape index (κ2) is 10.1. The molecule has 0 aliphatic carbocycles. The highest BCUT2D eigenvalue weighted by molar-refractivity contribution is 5.91. The first-order chi connectivity index (χ1) is 17.5. The molecule has 13 heteroatoms. The molecule has 6 N–H and O–H groups in total. The highest BCUT2D eigenvalue weighted by Crippen LogP contribution is 2.43. The first kappa shape index (κ1) is 26.0. The van der Waals surface area contributed by atoms with Crippen LogP contribution in [0.2, 0.25) is 0 Å². The van der Waals surface area contributed by atoms with Crippen LogP contribution in [0.1, 0.15) is 6.92 Å². The first-order valence-corrected chi connectivity index (χ1v) is 10.9. The number of rotatable bonds is 6. The molecule has 13 nitrogen and oxygen atoms in total. The molecule has 1 fully saturated rings. The van der Waals surface area contributed by atoms with Gasteiger partial charge >= 0.3 is 5.97 Å². The van der Waals surface area contributed by atoms with Gasteiger partial charge in [-0.3, -0.25) is 9.59 Å². The summed E-state index contributed by atoms with van der Waals surface area (Å²) in [6.07, 6.45) is -8.43. The Morgan fingerprint density at radius 1 is 1.00 bits per heavy atom. The number of phenolic OH excluding ortho intramolecular Hbond substituents is 3. The van der Waals surface area contributed by atoms with Crippen molar-refractivity contribution in [3.8, 4) is 40.1 Å². The van der Waals surface area contributed by atoms with E-state index in [1.54, 1.807) is 0 Å². The lowest BCUT2D eigenvalue weighted by molar-refractivity contribution is -0.278. The van der Waals surface area contributed by atoms with Crippen molar-refractivity contribution in [3.05, 3.63) is 40.6 Å². The van der Waals surface area contributed by atoms with Gasteiger partial charge in [0.2, 0.25) is 23.2 Å². The fourth-order valence-corrected chi connectivity index (χ4v) is 3.86. The zero-order valence-corrected chi connectivity index (χ0v) is 19.5. The van der Waals surface area contributed by atoms with Crippen LogP contribution in [-0.2, 0) is 14.3 Å². The molecule has 5 atom stereocenters. The number of hydrogen-bond acceptors (Lipinski definition) is 13. The van der Waals surface area contributed by atoms with Crippen molar-refractivity contribution in [2.75, 3.05) is 13.7 Å². The second-order valence-electron chi connectivity index (χ2n) is 8.22. The van der Waals surface area contributed by atoms with Gasteiger partial charge in [-0.05, 0) is 24.3 Å². The van der Waals surface area contributed by atoms with Crippen LogP contribution in [0.4, 0.5) is 0 Å². The van der Waals surface area contributed by atoms with Gasteiger partial charge in [0.05, 0.1) is 7.11 Å². The summed E-state index contributed by atoms with van der Waals surface area (Å²) < 4.78 is 26.7. The average molecular weight is 520 g/mol. The van der Waals surface area contributed by atoms with Crippen LogP contribution in [-0.4, -0.2) is 81.0 Å². The molecule has 1 aliphatic rings. The monoisotopic (exact) mass is 520 g/mol. The predicted octanol–water partition coefficient (Wildman–Crippen LogP) is 0.335. The third-order valence-corrected chi connectivity index (χ3v) is 5.74. The van der Waals surface area contributed by atoms with Gasteiger partial charge in [-0.1, -0.05) is 0 Å². The van der Waals surface area contributed by atoms with Crippen molar-refractivity contribution >= 4 is 16.9 Å². The molecule has 0 bridgehead atoms. The maximum Gasteiger partial charge on any atom is 0.302 e. The number of aliphatic hydroxyl groups is 3. The average Bonchev–Trinajstić information content (AvgIpc) is 2.85. The van der Waals surface area contributed by atoms with Gasteiger partial charge in [0.15, 0.2) is 17.3 Å². The summed E-state index contributed by atoms with van der Waals surface area (Å²) >= 11 is 0. The highest BCUT2D eigenvalue weighted by Gasteiger charge is 2.46. The molecule has 0 radical (unpaired) electrons. The minimum absolute atomic E-state index is 0.0918. The largest absolute Gasteiger partial charge is 0.508 e. The first-order valence-electron chi connectivity index (χ1n) is 10.9. The molecular formula is C24H24O13. The molecule has 37 heavy (non-hydrogen) atoms. The van der Waals surface area contributed by atoms with Crippen molar-refractivity contribution in [2.24, 2.45) is 0 Å². The summed E-state index contributed by atoms with van der Waals surface area (Å²) in [5, 5.41) is 61.0. The van der Waals surface area contributed by atoms with E-state index in [1.807, 2.05) is 0 Å². The lowest BCUT2D eigenvalue weighted by atomic mass is 9.99. The Morgan fingerprint density at radius 3 is 2.30 bits per heavy atom. The number of carbonyl (C=O) groups is 1. The highest BCUT2D eigenvalue weighted by atomic mass is 16.7. The van der Waals surface area contributed by atoms with Crippen molar-refractivity contribution in [2.45, 2.75) is 37.6 Å². The van der Waals surface area contributed by atoms with E-state index in [1.165, 1.54) is 24.3 Å². The van der Waals surface area contributed by atoms with Gasteiger partial charge in [-0.25, -0.2) is 0 Å². The zero-order valence-electron chi connectivity index (χ0n) is 19.5. The van der Waals surface area contributed by atoms with Gasteiger partial charge in [-0.2, -0.15) is 0 Å². The van der Waals surface area contributed by atoms with Crippen LogP contribution in [0.15, 0.2) is 39.5 Å². The van der Waals surface area contributed by atoms with Crippen molar-refractivity contribution in [1.82, 2.24) is 0 Å². The molecule has 0 amide bonds. The van der Waals surface area contributed by atoms with Crippen LogP contribution in [0, 0.1) is 0 Å². The van der Waals surface area contributed by atoms with Gasteiger partial charge < -0.3 is 54.0 Å². The number of hydrogen-bond donors (Lipinski definition) is 6. The fraction of sp³-hybridized carbons (Fsp3) is 0.333. The fourth-order valence-electron chi connectivity index (χ4n) is 3.86. The van der Waals surface area contributed by atoms with Gasteiger partial charge in [-0.15, -0.1) is 0 Å². The number of phenols is 3. The molecule has 0 spiro atoms. The van der Waals surface area contributed by atoms with Gasteiger partial charge in [0.25, 0.3) is 0 Å². The van der Waals surface area contributed by atoms with E-state index in [-0.39, 0.29) is 22.7 Å². The van der Waals surface area contributed by atoms with E-state index in [4.69, 9.17) is 23.4 Å². The number of carbonyl (C=O) groups excluding carboxylic acids is 1. The summed E-state index contributed by atoms with van der Waals surface area (Å²) in [6, 6.07) is 6.41. The summed E-state index contributed by atoms with van der Waals surface area (Å²) in [4.78, 5) is 24.8. The Hall–Kier alpha value is -4.04. The minimum Gasteiger partial charge on any atom is -0.508 e. The van der Waals surface area contributed by atoms with Gasteiger partial charge in [0, 0.05) is 18.6 Å². The molecular weight excluding hydrogens is 496 g/mol. The van der Waals surface area contributed by atoms with Crippen LogP contribution in [0.5, 0.6) is 28.7 Å². The zero-order chi connectivity index (χ0) is 27.0. The molecule has 2 aromatic carbocycles. The van der Waals surface area contributed by atoms with E-state index >= 15 is 0 Å². The van der Waals surface area contributed by atoms with Crippen LogP contribution in [0.3, 0.4) is 0 Å².